The van der Waals surface area contributed by atoms with E-state index in [1.165, 1.54) is 0 Å². The molecule has 5 heteroatoms. The molecule has 0 amide bonds. The number of aromatic nitrogens is 2. The van der Waals surface area contributed by atoms with Gasteiger partial charge in [-0.1, -0.05) is 13.8 Å². The highest BCUT2D eigenvalue weighted by atomic mass is 16.5. The summed E-state index contributed by atoms with van der Waals surface area (Å²) < 4.78 is 10.0. The van der Waals surface area contributed by atoms with Crippen LogP contribution in [-0.2, 0) is 15.9 Å². The maximum absolute atomic E-state index is 11.8. The van der Waals surface area contributed by atoms with Gasteiger partial charge in [0, 0.05) is 26.3 Å². The molecule has 0 radical (unpaired) electrons. The summed E-state index contributed by atoms with van der Waals surface area (Å²) in [5, 5.41) is 0. The van der Waals surface area contributed by atoms with E-state index in [4.69, 9.17) is 9.47 Å². The predicted octanol–water partition coefficient (Wildman–Crippen LogP) is 2.36. The summed E-state index contributed by atoms with van der Waals surface area (Å²) >= 11 is 0. The van der Waals surface area contributed by atoms with Crippen LogP contribution in [0, 0.1) is 0 Å². The Hall–Kier alpha value is -1.49. The second-order valence-electron chi connectivity index (χ2n) is 4.56. The zero-order valence-electron chi connectivity index (χ0n) is 12.1. The first-order valence-corrected chi connectivity index (χ1v) is 6.62. The number of methoxy groups -OCH3 is 1. The molecule has 0 aliphatic rings. The first-order chi connectivity index (χ1) is 9.10. The maximum atomic E-state index is 11.8. The molecule has 0 fully saturated rings. The van der Waals surface area contributed by atoms with Gasteiger partial charge >= 0.3 is 5.97 Å². The van der Waals surface area contributed by atoms with E-state index in [1.807, 2.05) is 13.8 Å². The van der Waals surface area contributed by atoms with E-state index in [0.717, 1.165) is 24.4 Å². The van der Waals surface area contributed by atoms with Crippen LogP contribution in [0.15, 0.2) is 6.20 Å². The molecular weight excluding hydrogens is 244 g/mol. The van der Waals surface area contributed by atoms with Crippen LogP contribution in [0.1, 0.15) is 55.0 Å². The van der Waals surface area contributed by atoms with Gasteiger partial charge in [0.15, 0.2) is 0 Å². The molecule has 1 aromatic rings. The van der Waals surface area contributed by atoms with Crippen molar-refractivity contribution in [1.82, 2.24) is 9.97 Å². The molecule has 1 rings (SSSR count). The lowest BCUT2D eigenvalue weighted by Crippen LogP contribution is -2.13. The zero-order chi connectivity index (χ0) is 14.3. The van der Waals surface area contributed by atoms with Gasteiger partial charge in [-0.25, -0.2) is 14.8 Å². The Morgan fingerprint density at radius 2 is 2.16 bits per heavy atom. The van der Waals surface area contributed by atoms with E-state index in [0.29, 0.717) is 18.8 Å². The van der Waals surface area contributed by atoms with E-state index in [1.54, 1.807) is 20.2 Å². The summed E-state index contributed by atoms with van der Waals surface area (Å²) in [6.45, 7) is 6.83. The summed E-state index contributed by atoms with van der Waals surface area (Å²) in [5.41, 5.74) is 1.22. The third-order valence-corrected chi connectivity index (χ3v) is 2.66. The summed E-state index contributed by atoms with van der Waals surface area (Å²) in [6, 6.07) is 0. The quantitative estimate of drug-likeness (QED) is 0.560. The Bertz CT molecular complexity index is 419. The van der Waals surface area contributed by atoms with Crippen LogP contribution < -0.4 is 0 Å². The normalized spacial score (nSPS) is 10.8. The number of carbonyl (C=O) groups excluding carboxylic acids is 1. The highest BCUT2D eigenvalue weighted by molar-refractivity contribution is 5.90. The van der Waals surface area contributed by atoms with Gasteiger partial charge < -0.3 is 9.47 Å². The van der Waals surface area contributed by atoms with Gasteiger partial charge in [-0.15, -0.1) is 0 Å². The summed E-state index contributed by atoms with van der Waals surface area (Å²) in [4.78, 5) is 20.5. The van der Waals surface area contributed by atoms with E-state index in [9.17, 15) is 4.79 Å². The van der Waals surface area contributed by atoms with Crippen molar-refractivity contribution in [2.24, 2.45) is 0 Å². The van der Waals surface area contributed by atoms with Crippen LogP contribution in [0.4, 0.5) is 0 Å². The van der Waals surface area contributed by atoms with Gasteiger partial charge in [-0.2, -0.15) is 0 Å². The van der Waals surface area contributed by atoms with Crippen LogP contribution in [0.25, 0.3) is 0 Å². The van der Waals surface area contributed by atoms with Crippen LogP contribution in [0.3, 0.4) is 0 Å². The number of aryl methyl sites for hydroxylation is 1. The maximum Gasteiger partial charge on any atom is 0.341 e. The molecule has 0 aromatic carbocycles. The average molecular weight is 266 g/mol. The molecule has 0 saturated heterocycles. The Morgan fingerprint density at radius 1 is 1.42 bits per heavy atom. The smallest absolute Gasteiger partial charge is 0.341 e. The lowest BCUT2D eigenvalue weighted by atomic mass is 10.0. The minimum atomic E-state index is -0.352. The molecule has 0 N–H and O–H groups in total. The molecule has 19 heavy (non-hydrogen) atoms. The van der Waals surface area contributed by atoms with Crippen LogP contribution in [0.2, 0.25) is 0 Å². The first kappa shape index (κ1) is 15.6. The molecule has 1 heterocycles. The highest BCUT2D eigenvalue weighted by Crippen LogP contribution is 2.18. The van der Waals surface area contributed by atoms with Gasteiger partial charge in [0.2, 0.25) is 0 Å². The lowest BCUT2D eigenvalue weighted by Gasteiger charge is -2.12. The lowest BCUT2D eigenvalue weighted by molar-refractivity contribution is 0.0523. The number of ether oxygens (including phenoxy) is 2. The number of nitrogens with zero attached hydrogens (tertiary/aromatic N) is 2. The van der Waals surface area contributed by atoms with Gasteiger partial charge in [0.25, 0.3) is 0 Å². The van der Waals surface area contributed by atoms with Gasteiger partial charge in [0.1, 0.15) is 5.82 Å². The van der Waals surface area contributed by atoms with E-state index < -0.39 is 0 Å². The number of carbonyl (C=O) groups is 1. The number of hydrogen-bond acceptors (Lipinski definition) is 5. The Labute approximate surface area is 114 Å². The van der Waals surface area contributed by atoms with Crippen molar-refractivity contribution in [3.8, 4) is 0 Å². The molecule has 106 valence electrons. The predicted molar refractivity (Wildman–Crippen MR) is 72.3 cm³/mol. The second-order valence-corrected chi connectivity index (χ2v) is 4.56. The molecule has 0 aliphatic heterocycles. The molecule has 0 atom stereocenters. The standard InChI is InChI=1S/C14H22N2O3/c1-5-19-14(17)11-9-15-12(7-6-8-18-4)16-13(11)10(2)3/h9-10H,5-8H2,1-4H3. The molecule has 0 aliphatic carbocycles. The van der Waals surface area contributed by atoms with Crippen molar-refractivity contribution >= 4 is 5.97 Å². The third-order valence-electron chi connectivity index (χ3n) is 2.66. The van der Waals surface area contributed by atoms with E-state index in [2.05, 4.69) is 9.97 Å². The first-order valence-electron chi connectivity index (χ1n) is 6.62. The summed E-state index contributed by atoms with van der Waals surface area (Å²) in [6.07, 6.45) is 3.19. The summed E-state index contributed by atoms with van der Waals surface area (Å²) in [5.74, 6) is 0.548. The third kappa shape index (κ3) is 4.59. The Kier molecular flexibility index (Phi) is 6.42. The minimum absolute atomic E-state index is 0.156. The Morgan fingerprint density at radius 3 is 2.74 bits per heavy atom. The molecule has 0 unspecified atom stereocenters. The minimum Gasteiger partial charge on any atom is -0.462 e. The van der Waals surface area contributed by atoms with E-state index >= 15 is 0 Å². The van der Waals surface area contributed by atoms with Crippen LogP contribution >= 0.6 is 0 Å². The average Bonchev–Trinajstić information content (AvgIpc) is 2.39. The fourth-order valence-electron chi connectivity index (χ4n) is 1.73. The van der Waals surface area contributed by atoms with Crippen molar-refractivity contribution in [2.45, 2.75) is 39.5 Å². The topological polar surface area (TPSA) is 61.3 Å². The number of esters is 1. The highest BCUT2D eigenvalue weighted by Gasteiger charge is 2.17. The zero-order valence-corrected chi connectivity index (χ0v) is 12.1. The monoisotopic (exact) mass is 266 g/mol. The summed E-state index contributed by atoms with van der Waals surface area (Å²) in [7, 11) is 1.67. The molecule has 1 aromatic heterocycles. The largest absolute Gasteiger partial charge is 0.462 e. The second kappa shape index (κ2) is 7.84. The Balaban J connectivity index is 2.91. The molecule has 0 spiro atoms. The number of hydrogen-bond donors (Lipinski definition) is 0. The molecular formula is C14H22N2O3. The number of rotatable bonds is 7. The fraction of sp³-hybridized carbons (Fsp3) is 0.643. The van der Waals surface area contributed by atoms with Crippen LogP contribution in [0.5, 0.6) is 0 Å². The van der Waals surface area contributed by atoms with Crippen molar-refractivity contribution in [3.63, 3.8) is 0 Å². The van der Waals surface area contributed by atoms with Gasteiger partial charge in [-0.05, 0) is 19.3 Å². The van der Waals surface area contributed by atoms with Crippen molar-refractivity contribution in [3.05, 3.63) is 23.3 Å². The molecule has 0 bridgehead atoms. The van der Waals surface area contributed by atoms with Crippen molar-refractivity contribution in [2.75, 3.05) is 20.3 Å². The van der Waals surface area contributed by atoms with Gasteiger partial charge in [-0.3, -0.25) is 0 Å². The van der Waals surface area contributed by atoms with Crippen molar-refractivity contribution < 1.29 is 14.3 Å². The van der Waals surface area contributed by atoms with E-state index in [-0.39, 0.29) is 11.9 Å². The molecule has 0 saturated carbocycles. The fourth-order valence-corrected chi connectivity index (χ4v) is 1.73. The van der Waals surface area contributed by atoms with Crippen molar-refractivity contribution in [1.29, 1.82) is 0 Å². The molecule has 5 nitrogen and oxygen atoms in total. The van der Waals surface area contributed by atoms with Gasteiger partial charge in [0.05, 0.1) is 17.9 Å². The SMILES string of the molecule is CCOC(=O)c1cnc(CCCOC)nc1C(C)C. The van der Waals surface area contributed by atoms with Crippen LogP contribution in [-0.4, -0.2) is 36.3 Å².